The summed E-state index contributed by atoms with van der Waals surface area (Å²) in [5, 5.41) is 0. The minimum absolute atomic E-state index is 0.638. The molecule has 0 amide bonds. The van der Waals surface area contributed by atoms with Gasteiger partial charge >= 0.3 is 6.18 Å². The molecule has 1 aromatic heterocycles. The van der Waals surface area contributed by atoms with Gasteiger partial charge in [-0.1, -0.05) is 32.4 Å². The number of aromatic nitrogens is 2. The number of imidazole rings is 1. The van der Waals surface area contributed by atoms with E-state index in [9.17, 15) is 13.2 Å². The molecule has 3 aromatic rings. The molecule has 0 unspecified atom stereocenters. The Balaban J connectivity index is 2.05. The molecule has 0 spiro atoms. The van der Waals surface area contributed by atoms with Crippen LogP contribution >= 0.6 is 11.8 Å². The monoisotopic (exact) mass is 392 g/mol. The third kappa shape index (κ3) is 4.49. The van der Waals surface area contributed by atoms with Gasteiger partial charge in [-0.2, -0.15) is 13.2 Å². The Bertz CT molecular complexity index is 898. The molecular formula is C21H23F3N2S. The number of fused-ring (bicyclic) bond motifs is 1. The van der Waals surface area contributed by atoms with Crippen LogP contribution in [-0.4, -0.2) is 15.3 Å². The van der Waals surface area contributed by atoms with Gasteiger partial charge in [0.2, 0.25) is 0 Å². The summed E-state index contributed by atoms with van der Waals surface area (Å²) in [6.07, 6.45) is -1.19. The summed E-state index contributed by atoms with van der Waals surface area (Å²) < 4.78 is 40.7. The van der Waals surface area contributed by atoms with Gasteiger partial charge in [0.15, 0.2) is 0 Å². The number of alkyl halides is 3. The highest BCUT2D eigenvalue weighted by Gasteiger charge is 2.30. The molecule has 2 nitrogen and oxygen atoms in total. The van der Waals surface area contributed by atoms with Gasteiger partial charge in [0.1, 0.15) is 5.82 Å². The van der Waals surface area contributed by atoms with Crippen LogP contribution in [0.15, 0.2) is 47.4 Å². The van der Waals surface area contributed by atoms with Crippen molar-refractivity contribution in [1.29, 1.82) is 0 Å². The van der Waals surface area contributed by atoms with E-state index in [0.717, 1.165) is 60.6 Å². The fourth-order valence-electron chi connectivity index (χ4n) is 2.98. The van der Waals surface area contributed by atoms with Gasteiger partial charge in [-0.25, -0.2) is 4.98 Å². The third-order valence-corrected chi connectivity index (χ3v) is 5.60. The van der Waals surface area contributed by atoms with E-state index in [4.69, 9.17) is 4.98 Å². The number of aryl methyl sites for hydroxylation is 1. The van der Waals surface area contributed by atoms with Gasteiger partial charge in [0.25, 0.3) is 0 Å². The standard InChI is InChI=1S/C21H23F3N2S/c1-3-5-12-26-19-14-17(27-13-4-2)10-11-18(19)25-20(26)15-6-8-16(9-7-15)21(22,23)24/h6-11,14H,3-5,12-13H2,1-2H3. The summed E-state index contributed by atoms with van der Waals surface area (Å²) in [6, 6.07) is 11.5. The average Bonchev–Trinajstić information content (AvgIpc) is 3.02. The molecule has 0 fully saturated rings. The first-order valence-electron chi connectivity index (χ1n) is 9.24. The summed E-state index contributed by atoms with van der Waals surface area (Å²) >= 11 is 1.81. The first kappa shape index (κ1) is 19.8. The Kier molecular flexibility index (Phi) is 6.15. The van der Waals surface area contributed by atoms with Crippen molar-refractivity contribution in [3.05, 3.63) is 48.0 Å². The number of rotatable bonds is 7. The number of hydrogen-bond donors (Lipinski definition) is 0. The second-order valence-electron chi connectivity index (χ2n) is 6.51. The lowest BCUT2D eigenvalue weighted by molar-refractivity contribution is -0.137. The maximum atomic E-state index is 12.9. The average molecular weight is 392 g/mol. The minimum Gasteiger partial charge on any atom is -0.324 e. The quantitative estimate of drug-likeness (QED) is 0.402. The van der Waals surface area contributed by atoms with E-state index in [2.05, 4.69) is 30.5 Å². The molecule has 0 aliphatic rings. The van der Waals surface area contributed by atoms with Crippen LogP contribution in [0.4, 0.5) is 13.2 Å². The van der Waals surface area contributed by atoms with E-state index < -0.39 is 11.7 Å². The van der Waals surface area contributed by atoms with Crippen LogP contribution < -0.4 is 0 Å². The van der Waals surface area contributed by atoms with Crippen molar-refractivity contribution < 1.29 is 13.2 Å². The summed E-state index contributed by atoms with van der Waals surface area (Å²) in [5.74, 6) is 1.78. The smallest absolute Gasteiger partial charge is 0.324 e. The molecule has 1 heterocycles. The van der Waals surface area contributed by atoms with Crippen molar-refractivity contribution in [2.75, 3.05) is 5.75 Å². The number of halogens is 3. The molecule has 0 saturated carbocycles. The van der Waals surface area contributed by atoms with E-state index in [1.807, 2.05) is 17.8 Å². The van der Waals surface area contributed by atoms with E-state index in [1.165, 1.54) is 17.0 Å². The summed E-state index contributed by atoms with van der Waals surface area (Å²) in [5.41, 5.74) is 1.99. The zero-order valence-electron chi connectivity index (χ0n) is 15.5. The van der Waals surface area contributed by atoms with Crippen molar-refractivity contribution in [1.82, 2.24) is 9.55 Å². The van der Waals surface area contributed by atoms with Crippen LogP contribution in [0.5, 0.6) is 0 Å². The number of benzene rings is 2. The second-order valence-corrected chi connectivity index (χ2v) is 7.68. The van der Waals surface area contributed by atoms with Crippen LogP contribution in [0.25, 0.3) is 22.4 Å². The minimum atomic E-state index is -4.33. The molecule has 0 aliphatic heterocycles. The molecular weight excluding hydrogens is 369 g/mol. The highest BCUT2D eigenvalue weighted by molar-refractivity contribution is 7.99. The van der Waals surface area contributed by atoms with Crippen molar-refractivity contribution in [3.63, 3.8) is 0 Å². The molecule has 2 aromatic carbocycles. The lowest BCUT2D eigenvalue weighted by Crippen LogP contribution is -2.05. The molecule has 0 radical (unpaired) electrons. The van der Waals surface area contributed by atoms with Gasteiger partial charge in [0, 0.05) is 17.0 Å². The predicted molar refractivity (Wildman–Crippen MR) is 106 cm³/mol. The van der Waals surface area contributed by atoms with Gasteiger partial charge in [-0.05, 0) is 48.9 Å². The maximum Gasteiger partial charge on any atom is 0.416 e. The van der Waals surface area contributed by atoms with Gasteiger partial charge in [-0.3, -0.25) is 0 Å². The Morgan fingerprint density at radius 2 is 1.74 bits per heavy atom. The van der Waals surface area contributed by atoms with Gasteiger partial charge < -0.3 is 4.57 Å². The van der Waals surface area contributed by atoms with Crippen molar-refractivity contribution >= 4 is 22.8 Å². The third-order valence-electron chi connectivity index (χ3n) is 4.40. The molecule has 144 valence electrons. The zero-order chi connectivity index (χ0) is 19.4. The lowest BCUT2D eigenvalue weighted by Gasteiger charge is -2.11. The summed E-state index contributed by atoms with van der Waals surface area (Å²) in [4.78, 5) is 5.92. The first-order valence-corrected chi connectivity index (χ1v) is 10.2. The lowest BCUT2D eigenvalue weighted by atomic mass is 10.1. The summed E-state index contributed by atoms with van der Waals surface area (Å²) in [6.45, 7) is 5.07. The van der Waals surface area contributed by atoms with Crippen LogP contribution in [0.1, 0.15) is 38.7 Å². The Morgan fingerprint density at radius 3 is 2.37 bits per heavy atom. The van der Waals surface area contributed by atoms with E-state index in [1.54, 1.807) is 0 Å². The van der Waals surface area contributed by atoms with Gasteiger partial charge in [0.05, 0.1) is 16.6 Å². The molecule has 0 N–H and O–H groups in total. The SMILES string of the molecule is CCCCn1c(-c2ccc(C(F)(F)F)cc2)nc2ccc(SCCC)cc21. The largest absolute Gasteiger partial charge is 0.416 e. The molecule has 6 heteroatoms. The Hall–Kier alpha value is -1.95. The highest BCUT2D eigenvalue weighted by atomic mass is 32.2. The topological polar surface area (TPSA) is 17.8 Å². The van der Waals surface area contributed by atoms with Crippen molar-refractivity contribution in [2.45, 2.75) is 50.7 Å². The number of nitrogens with zero attached hydrogens (tertiary/aromatic N) is 2. The van der Waals surface area contributed by atoms with Crippen molar-refractivity contribution in [3.8, 4) is 11.4 Å². The maximum absolute atomic E-state index is 12.9. The highest BCUT2D eigenvalue weighted by Crippen LogP contribution is 2.33. The van der Waals surface area contributed by atoms with Crippen LogP contribution in [0, 0.1) is 0 Å². The van der Waals surface area contributed by atoms with E-state index in [0.29, 0.717) is 5.56 Å². The van der Waals surface area contributed by atoms with Gasteiger partial charge in [-0.15, -0.1) is 11.8 Å². The Morgan fingerprint density at radius 1 is 1.00 bits per heavy atom. The fraction of sp³-hybridized carbons (Fsp3) is 0.381. The molecule has 3 rings (SSSR count). The molecule has 0 saturated heterocycles. The normalized spacial score (nSPS) is 12.0. The molecule has 0 aliphatic carbocycles. The number of thioether (sulfide) groups is 1. The second kappa shape index (κ2) is 8.38. The van der Waals surface area contributed by atoms with Crippen LogP contribution in [0.2, 0.25) is 0 Å². The first-order chi connectivity index (χ1) is 12.9. The van der Waals surface area contributed by atoms with E-state index >= 15 is 0 Å². The number of unbranched alkanes of at least 4 members (excludes halogenated alkanes) is 1. The number of hydrogen-bond acceptors (Lipinski definition) is 2. The Labute approximate surface area is 161 Å². The molecule has 27 heavy (non-hydrogen) atoms. The van der Waals surface area contributed by atoms with E-state index in [-0.39, 0.29) is 0 Å². The van der Waals surface area contributed by atoms with Crippen LogP contribution in [0.3, 0.4) is 0 Å². The predicted octanol–water partition coefficient (Wildman–Crippen LogP) is 7.02. The molecule has 0 atom stereocenters. The molecule has 0 bridgehead atoms. The van der Waals surface area contributed by atoms with Crippen molar-refractivity contribution in [2.24, 2.45) is 0 Å². The summed E-state index contributed by atoms with van der Waals surface area (Å²) in [7, 11) is 0. The zero-order valence-corrected chi connectivity index (χ0v) is 16.3. The fourth-order valence-corrected chi connectivity index (χ4v) is 3.78. The van der Waals surface area contributed by atoms with Crippen LogP contribution in [-0.2, 0) is 12.7 Å².